The van der Waals surface area contributed by atoms with Crippen molar-refractivity contribution in [3.63, 3.8) is 0 Å². The summed E-state index contributed by atoms with van der Waals surface area (Å²) in [5.41, 5.74) is 1.27. The maximum absolute atomic E-state index is 12.5. The van der Waals surface area contributed by atoms with Gasteiger partial charge >= 0.3 is 5.97 Å². The number of carbonyl (C=O) groups excluding carboxylic acids is 1. The second kappa shape index (κ2) is 7.41. The quantitative estimate of drug-likeness (QED) is 0.850. The Bertz CT molecular complexity index is 510. The van der Waals surface area contributed by atoms with Crippen molar-refractivity contribution >= 4 is 23.2 Å². The molecule has 0 radical (unpaired) electrons. The smallest absolute Gasteiger partial charge is 0.323 e. The Morgan fingerprint density at radius 3 is 2.67 bits per heavy atom. The average molecular weight is 307 g/mol. The van der Waals surface area contributed by atoms with Gasteiger partial charge in [0.2, 0.25) is 0 Å². The number of amides is 1. The number of fused-ring (bicyclic) bond motifs is 1. The van der Waals surface area contributed by atoms with Crippen LogP contribution in [0.15, 0.2) is 18.7 Å². The Hall–Kier alpha value is -1.62. The molecule has 21 heavy (non-hydrogen) atoms. The van der Waals surface area contributed by atoms with Crippen molar-refractivity contribution in [3.8, 4) is 0 Å². The third-order valence-electron chi connectivity index (χ3n) is 3.67. The highest BCUT2D eigenvalue weighted by atomic mass is 32.1. The molecule has 1 heterocycles. The van der Waals surface area contributed by atoms with E-state index in [9.17, 15) is 9.59 Å². The van der Waals surface area contributed by atoms with Crippen molar-refractivity contribution in [2.45, 2.75) is 38.5 Å². The molecular formula is C16H21NO3S. The molecule has 2 rings (SSSR count). The Kier molecular flexibility index (Phi) is 5.56. The normalized spacial score (nSPS) is 14.7. The van der Waals surface area contributed by atoms with Gasteiger partial charge in [0.25, 0.3) is 5.91 Å². The van der Waals surface area contributed by atoms with Crippen LogP contribution in [0.4, 0.5) is 0 Å². The lowest BCUT2D eigenvalue weighted by Gasteiger charge is -2.17. The minimum Gasteiger partial charge on any atom is -0.480 e. The van der Waals surface area contributed by atoms with E-state index in [0.29, 0.717) is 4.88 Å². The molecule has 1 aliphatic rings. The van der Waals surface area contributed by atoms with Crippen LogP contribution in [0, 0.1) is 0 Å². The molecule has 1 aliphatic carbocycles. The number of nitrogens with zero attached hydrogens (tertiary/aromatic N) is 1. The molecule has 0 saturated heterocycles. The Morgan fingerprint density at radius 1 is 1.29 bits per heavy atom. The molecule has 0 atom stereocenters. The van der Waals surface area contributed by atoms with Crippen molar-refractivity contribution in [2.24, 2.45) is 0 Å². The van der Waals surface area contributed by atoms with Gasteiger partial charge in [0.15, 0.2) is 0 Å². The van der Waals surface area contributed by atoms with Gasteiger partial charge < -0.3 is 10.0 Å². The van der Waals surface area contributed by atoms with Crippen LogP contribution in [-0.4, -0.2) is 35.0 Å². The van der Waals surface area contributed by atoms with Gasteiger partial charge in [0.05, 0.1) is 4.88 Å². The first kappa shape index (κ1) is 15.8. The summed E-state index contributed by atoms with van der Waals surface area (Å²) in [6.07, 6.45) is 8.47. The van der Waals surface area contributed by atoms with E-state index in [1.165, 1.54) is 52.4 Å². The minimum atomic E-state index is -1.000. The fourth-order valence-corrected chi connectivity index (χ4v) is 3.87. The van der Waals surface area contributed by atoms with Gasteiger partial charge in [-0.1, -0.05) is 18.9 Å². The fourth-order valence-electron chi connectivity index (χ4n) is 2.64. The predicted octanol–water partition coefficient (Wildman–Crippen LogP) is 3.12. The molecule has 1 N–H and O–H groups in total. The first-order valence-corrected chi connectivity index (χ1v) is 8.17. The van der Waals surface area contributed by atoms with E-state index in [2.05, 4.69) is 6.58 Å². The summed E-state index contributed by atoms with van der Waals surface area (Å²) in [5.74, 6) is -1.20. The van der Waals surface area contributed by atoms with E-state index in [0.717, 1.165) is 12.8 Å². The molecular weight excluding hydrogens is 286 g/mol. The second-order valence-corrected chi connectivity index (χ2v) is 6.48. The minimum absolute atomic E-state index is 0.200. The van der Waals surface area contributed by atoms with Crippen LogP contribution in [0.2, 0.25) is 0 Å². The number of carboxylic acids is 1. The van der Waals surface area contributed by atoms with Crippen LogP contribution in [0.5, 0.6) is 0 Å². The zero-order chi connectivity index (χ0) is 15.2. The Labute approximate surface area is 129 Å². The van der Waals surface area contributed by atoms with Crippen molar-refractivity contribution < 1.29 is 14.7 Å². The van der Waals surface area contributed by atoms with Gasteiger partial charge in [0, 0.05) is 11.4 Å². The zero-order valence-electron chi connectivity index (χ0n) is 12.1. The number of hydrogen-bond acceptors (Lipinski definition) is 3. The topological polar surface area (TPSA) is 57.6 Å². The zero-order valence-corrected chi connectivity index (χ0v) is 13.0. The SMILES string of the molecule is C=CCN(CC(=O)O)C(=O)c1cc2c(s1)CCCCCC2. The summed E-state index contributed by atoms with van der Waals surface area (Å²) in [6.45, 7) is 3.56. The number of hydrogen-bond donors (Lipinski definition) is 1. The molecule has 0 saturated carbocycles. The van der Waals surface area contributed by atoms with Crippen molar-refractivity contribution in [2.75, 3.05) is 13.1 Å². The molecule has 0 bridgehead atoms. The summed E-state index contributed by atoms with van der Waals surface area (Å²) in [6, 6.07) is 1.96. The molecule has 0 aromatic carbocycles. The maximum atomic E-state index is 12.5. The molecule has 0 fully saturated rings. The highest BCUT2D eigenvalue weighted by Crippen LogP contribution is 2.29. The Balaban J connectivity index is 2.19. The van der Waals surface area contributed by atoms with E-state index in [4.69, 9.17) is 5.11 Å². The van der Waals surface area contributed by atoms with Crippen LogP contribution in [0.25, 0.3) is 0 Å². The largest absolute Gasteiger partial charge is 0.480 e. The van der Waals surface area contributed by atoms with E-state index in [-0.39, 0.29) is 19.0 Å². The number of rotatable bonds is 5. The predicted molar refractivity (Wildman–Crippen MR) is 83.9 cm³/mol. The molecule has 0 unspecified atom stereocenters. The highest BCUT2D eigenvalue weighted by molar-refractivity contribution is 7.14. The average Bonchev–Trinajstić information content (AvgIpc) is 2.79. The second-order valence-electron chi connectivity index (χ2n) is 5.34. The number of aliphatic carboxylic acids is 1. The number of aryl methyl sites for hydroxylation is 2. The number of carboxylic acid groups (broad SMARTS) is 1. The molecule has 5 heteroatoms. The molecule has 1 amide bonds. The van der Waals surface area contributed by atoms with Crippen LogP contribution >= 0.6 is 11.3 Å². The van der Waals surface area contributed by atoms with E-state index < -0.39 is 5.97 Å². The van der Waals surface area contributed by atoms with Gasteiger partial charge in [-0.05, 0) is 37.3 Å². The summed E-state index contributed by atoms with van der Waals surface area (Å²) >= 11 is 1.53. The van der Waals surface area contributed by atoms with Gasteiger partial charge in [-0.2, -0.15) is 0 Å². The summed E-state index contributed by atoms with van der Waals surface area (Å²) < 4.78 is 0. The standard InChI is InChI=1S/C16H21NO3S/c1-2-9-17(11-15(18)19)16(20)14-10-12-7-5-3-4-6-8-13(12)21-14/h2,10H,1,3-9,11H2,(H,18,19). The molecule has 114 valence electrons. The molecule has 0 spiro atoms. The molecule has 4 nitrogen and oxygen atoms in total. The first-order valence-electron chi connectivity index (χ1n) is 7.35. The van der Waals surface area contributed by atoms with Crippen LogP contribution in [0.3, 0.4) is 0 Å². The van der Waals surface area contributed by atoms with Crippen LogP contribution in [-0.2, 0) is 17.6 Å². The van der Waals surface area contributed by atoms with Crippen LogP contribution < -0.4 is 0 Å². The summed E-state index contributed by atoms with van der Waals surface area (Å²) in [4.78, 5) is 26.6. The van der Waals surface area contributed by atoms with E-state index in [1.54, 1.807) is 6.08 Å². The van der Waals surface area contributed by atoms with E-state index >= 15 is 0 Å². The third-order valence-corrected chi connectivity index (χ3v) is 4.90. The monoisotopic (exact) mass is 307 g/mol. The van der Waals surface area contributed by atoms with Crippen molar-refractivity contribution in [1.29, 1.82) is 0 Å². The summed E-state index contributed by atoms with van der Waals surface area (Å²) in [5, 5.41) is 8.92. The van der Waals surface area contributed by atoms with Gasteiger partial charge in [0.1, 0.15) is 6.54 Å². The number of thiophene rings is 1. The fraction of sp³-hybridized carbons (Fsp3) is 0.500. The van der Waals surface area contributed by atoms with E-state index in [1.807, 2.05) is 6.07 Å². The molecule has 0 aliphatic heterocycles. The highest BCUT2D eigenvalue weighted by Gasteiger charge is 2.21. The summed E-state index contributed by atoms with van der Waals surface area (Å²) in [7, 11) is 0. The lowest BCUT2D eigenvalue weighted by Crippen LogP contribution is -2.35. The van der Waals surface area contributed by atoms with Gasteiger partial charge in [-0.15, -0.1) is 17.9 Å². The lowest BCUT2D eigenvalue weighted by molar-refractivity contribution is -0.137. The van der Waals surface area contributed by atoms with Gasteiger partial charge in [-0.25, -0.2) is 0 Å². The number of carbonyl (C=O) groups is 2. The lowest BCUT2D eigenvalue weighted by atomic mass is 10.00. The molecule has 1 aromatic rings. The van der Waals surface area contributed by atoms with Crippen molar-refractivity contribution in [3.05, 3.63) is 34.0 Å². The van der Waals surface area contributed by atoms with Crippen molar-refractivity contribution in [1.82, 2.24) is 4.90 Å². The first-order chi connectivity index (χ1) is 10.1. The van der Waals surface area contributed by atoms with Crippen LogP contribution in [0.1, 0.15) is 45.8 Å². The van der Waals surface area contributed by atoms with Gasteiger partial charge in [-0.3, -0.25) is 9.59 Å². The Morgan fingerprint density at radius 2 is 2.00 bits per heavy atom. The third kappa shape index (κ3) is 4.17. The maximum Gasteiger partial charge on any atom is 0.323 e. The molecule has 1 aromatic heterocycles.